The van der Waals surface area contributed by atoms with Gasteiger partial charge in [0.05, 0.1) is 22.1 Å². The van der Waals surface area contributed by atoms with Gasteiger partial charge in [-0.1, -0.05) is 164 Å². The maximum Gasteiger partial charge on any atom is 0.164 e. The molecule has 0 bridgehead atoms. The number of benzene rings is 9. The van der Waals surface area contributed by atoms with Crippen molar-refractivity contribution in [3.63, 3.8) is 0 Å². The van der Waals surface area contributed by atoms with Gasteiger partial charge in [0, 0.05) is 49.6 Å². The molecule has 280 valence electrons. The summed E-state index contributed by atoms with van der Waals surface area (Å²) in [4.78, 5) is 14.7. The molecular weight excluding hydrogens is 731 g/mol. The summed E-state index contributed by atoms with van der Waals surface area (Å²) in [5.74, 6) is 1.95. The van der Waals surface area contributed by atoms with E-state index in [9.17, 15) is 0 Å². The number of nitrogens with zero attached hydrogens (tertiary/aromatic N) is 5. The lowest BCUT2D eigenvalue weighted by Gasteiger charge is -2.11. The summed E-state index contributed by atoms with van der Waals surface area (Å²) >= 11 is 0. The molecule has 3 aromatic heterocycles. The van der Waals surface area contributed by atoms with E-state index in [1.165, 1.54) is 54.4 Å². The minimum absolute atomic E-state index is 0.643. The number of para-hydroxylation sites is 2. The molecule has 0 fully saturated rings. The van der Waals surface area contributed by atoms with Crippen LogP contribution in [0, 0.1) is 0 Å². The summed E-state index contributed by atoms with van der Waals surface area (Å²) in [6.07, 6.45) is 0. The van der Waals surface area contributed by atoms with Crippen LogP contribution in [0.2, 0.25) is 0 Å². The summed E-state index contributed by atoms with van der Waals surface area (Å²) in [5, 5.41) is 7.52. The summed E-state index contributed by atoms with van der Waals surface area (Å²) in [6, 6.07) is 75.2. The lowest BCUT2D eigenvalue weighted by atomic mass is 10.0. The van der Waals surface area contributed by atoms with Crippen molar-refractivity contribution in [3.05, 3.63) is 212 Å². The normalized spacial score (nSPS) is 11.7. The molecule has 12 rings (SSSR count). The van der Waals surface area contributed by atoms with Gasteiger partial charge in [-0.05, 0) is 70.4 Å². The topological polar surface area (TPSA) is 48.5 Å². The van der Waals surface area contributed by atoms with Crippen LogP contribution < -0.4 is 0 Å². The van der Waals surface area contributed by atoms with Crippen molar-refractivity contribution in [1.29, 1.82) is 0 Å². The molecule has 0 N–H and O–H groups in total. The van der Waals surface area contributed by atoms with Crippen LogP contribution in [0.4, 0.5) is 0 Å². The number of aromatic nitrogens is 5. The standard InChI is InChI=1S/C55H35N5/c1-4-15-39(16-5-1)53-56-54(40-17-6-2-7-18-40)58-55(57-53)41-26-24-36(25-27-41)37-28-31-43(32-29-37)59-48-23-13-12-22-45(48)46-34-47-51(35-50(46)59)60(42-19-8-3-9-20-42)49-33-30-38-14-10-11-21-44(38)52(47)49/h1-35H. The number of rotatable bonds is 6. The van der Waals surface area contributed by atoms with Crippen LogP contribution in [0.1, 0.15) is 0 Å². The third-order valence-electron chi connectivity index (χ3n) is 11.8. The largest absolute Gasteiger partial charge is 0.309 e. The van der Waals surface area contributed by atoms with Crippen LogP contribution in [0.15, 0.2) is 212 Å². The highest BCUT2D eigenvalue weighted by Gasteiger charge is 2.20. The molecule has 0 aliphatic rings. The van der Waals surface area contributed by atoms with Crippen molar-refractivity contribution in [2.24, 2.45) is 0 Å². The molecule has 0 saturated heterocycles. The van der Waals surface area contributed by atoms with Crippen LogP contribution in [0.5, 0.6) is 0 Å². The van der Waals surface area contributed by atoms with E-state index in [0.717, 1.165) is 39.2 Å². The van der Waals surface area contributed by atoms with Gasteiger partial charge in [-0.25, -0.2) is 15.0 Å². The van der Waals surface area contributed by atoms with E-state index in [4.69, 9.17) is 15.0 Å². The Balaban J connectivity index is 0.965. The lowest BCUT2D eigenvalue weighted by molar-refractivity contribution is 1.07. The lowest BCUT2D eigenvalue weighted by Crippen LogP contribution is -2.00. The second kappa shape index (κ2) is 13.8. The summed E-state index contributed by atoms with van der Waals surface area (Å²) < 4.78 is 4.84. The van der Waals surface area contributed by atoms with Crippen molar-refractivity contribution >= 4 is 54.4 Å². The highest BCUT2D eigenvalue weighted by Crippen LogP contribution is 2.42. The van der Waals surface area contributed by atoms with Crippen LogP contribution in [-0.4, -0.2) is 24.1 Å². The highest BCUT2D eigenvalue weighted by atomic mass is 15.0. The van der Waals surface area contributed by atoms with Gasteiger partial charge in [0.15, 0.2) is 17.5 Å². The predicted octanol–water partition coefficient (Wildman–Crippen LogP) is 13.9. The molecule has 9 aromatic carbocycles. The minimum atomic E-state index is 0.643. The highest BCUT2D eigenvalue weighted by molar-refractivity contribution is 6.25. The number of hydrogen-bond acceptors (Lipinski definition) is 3. The van der Waals surface area contributed by atoms with E-state index in [1.54, 1.807) is 0 Å². The van der Waals surface area contributed by atoms with E-state index in [2.05, 4.69) is 161 Å². The van der Waals surface area contributed by atoms with E-state index in [0.29, 0.717) is 17.5 Å². The molecule has 5 heteroatoms. The molecule has 12 aromatic rings. The van der Waals surface area contributed by atoms with Crippen molar-refractivity contribution in [2.75, 3.05) is 0 Å². The molecule has 0 unspecified atom stereocenters. The first-order chi connectivity index (χ1) is 29.7. The Morgan fingerprint density at radius 1 is 0.267 bits per heavy atom. The van der Waals surface area contributed by atoms with E-state index in [-0.39, 0.29) is 0 Å². The number of fused-ring (bicyclic) bond motifs is 8. The summed E-state index contributed by atoms with van der Waals surface area (Å²) in [7, 11) is 0. The fourth-order valence-corrected chi connectivity index (χ4v) is 8.93. The average Bonchev–Trinajstić information content (AvgIpc) is 3.83. The van der Waals surface area contributed by atoms with Gasteiger partial charge in [0.1, 0.15) is 0 Å². The number of hydrogen-bond donors (Lipinski definition) is 0. The fraction of sp³-hybridized carbons (Fsp3) is 0. The van der Waals surface area contributed by atoms with Crippen molar-refractivity contribution < 1.29 is 0 Å². The van der Waals surface area contributed by atoms with E-state index >= 15 is 0 Å². The molecule has 0 radical (unpaired) electrons. The predicted molar refractivity (Wildman–Crippen MR) is 248 cm³/mol. The van der Waals surface area contributed by atoms with Crippen molar-refractivity contribution in [2.45, 2.75) is 0 Å². The van der Waals surface area contributed by atoms with E-state index < -0.39 is 0 Å². The summed E-state index contributed by atoms with van der Waals surface area (Å²) in [6.45, 7) is 0. The molecule has 0 spiro atoms. The maximum atomic E-state index is 4.93. The van der Waals surface area contributed by atoms with Gasteiger partial charge in [0.25, 0.3) is 0 Å². The Bertz CT molecular complexity index is 3490. The van der Waals surface area contributed by atoms with Gasteiger partial charge in [0.2, 0.25) is 0 Å². The Labute approximate surface area is 346 Å². The van der Waals surface area contributed by atoms with Crippen LogP contribution in [0.25, 0.3) is 111 Å². The van der Waals surface area contributed by atoms with Crippen molar-refractivity contribution in [3.8, 4) is 56.7 Å². The third kappa shape index (κ3) is 5.52. The smallest absolute Gasteiger partial charge is 0.164 e. The maximum absolute atomic E-state index is 4.93. The zero-order chi connectivity index (χ0) is 39.6. The molecule has 0 aliphatic carbocycles. The van der Waals surface area contributed by atoms with Crippen LogP contribution >= 0.6 is 0 Å². The SMILES string of the molecule is c1ccc(-c2nc(-c3ccccc3)nc(-c3ccc(-c4ccc(-n5c6ccccc6c6cc7c8c9ccccc9ccc8n(-c8ccccc8)c7cc65)cc4)cc3)n2)cc1. The molecule has 0 aliphatic heterocycles. The zero-order valence-corrected chi connectivity index (χ0v) is 32.4. The quantitative estimate of drug-likeness (QED) is 0.169. The molecule has 5 nitrogen and oxygen atoms in total. The Kier molecular flexibility index (Phi) is 7.78. The Morgan fingerprint density at radius 3 is 1.38 bits per heavy atom. The minimum Gasteiger partial charge on any atom is -0.309 e. The molecule has 3 heterocycles. The summed E-state index contributed by atoms with van der Waals surface area (Å²) in [5.41, 5.74) is 12.1. The van der Waals surface area contributed by atoms with Gasteiger partial charge in [-0.3, -0.25) is 0 Å². The van der Waals surface area contributed by atoms with Gasteiger partial charge in [-0.15, -0.1) is 0 Å². The molecule has 0 atom stereocenters. The molecular formula is C55H35N5. The first-order valence-electron chi connectivity index (χ1n) is 20.3. The van der Waals surface area contributed by atoms with E-state index in [1.807, 2.05) is 60.7 Å². The first kappa shape index (κ1) is 33.9. The first-order valence-corrected chi connectivity index (χ1v) is 20.3. The third-order valence-corrected chi connectivity index (χ3v) is 11.8. The van der Waals surface area contributed by atoms with Gasteiger partial charge >= 0.3 is 0 Å². The average molecular weight is 766 g/mol. The molecule has 0 amide bonds. The van der Waals surface area contributed by atoms with Crippen LogP contribution in [-0.2, 0) is 0 Å². The monoisotopic (exact) mass is 765 g/mol. The van der Waals surface area contributed by atoms with Gasteiger partial charge < -0.3 is 9.13 Å². The van der Waals surface area contributed by atoms with Crippen LogP contribution in [0.3, 0.4) is 0 Å². The second-order valence-electron chi connectivity index (χ2n) is 15.3. The Hall–Kier alpha value is -8.15. The Morgan fingerprint density at radius 2 is 0.733 bits per heavy atom. The molecule has 0 saturated carbocycles. The molecule has 60 heavy (non-hydrogen) atoms. The zero-order valence-electron chi connectivity index (χ0n) is 32.4. The van der Waals surface area contributed by atoms with Gasteiger partial charge in [-0.2, -0.15) is 0 Å². The van der Waals surface area contributed by atoms with Crippen molar-refractivity contribution in [1.82, 2.24) is 24.1 Å². The second-order valence-corrected chi connectivity index (χ2v) is 15.3. The fourth-order valence-electron chi connectivity index (χ4n) is 8.93.